The first-order valence-electron chi connectivity index (χ1n) is 5.76. The molecule has 0 aliphatic heterocycles. The van der Waals surface area contributed by atoms with Crippen molar-refractivity contribution in [1.82, 2.24) is 15.0 Å². The second-order valence-electron chi connectivity index (χ2n) is 4.02. The van der Waals surface area contributed by atoms with Crippen molar-refractivity contribution in [3.8, 4) is 17.0 Å². The van der Waals surface area contributed by atoms with Gasteiger partial charge in [-0.15, -0.1) is 0 Å². The zero-order chi connectivity index (χ0) is 13.2. The molecule has 2 aromatic heterocycles. The highest BCUT2D eigenvalue weighted by Gasteiger charge is 2.11. The highest BCUT2D eigenvalue weighted by molar-refractivity contribution is 5.84. The predicted molar refractivity (Wildman–Crippen MR) is 72.1 cm³/mol. The zero-order valence-electron chi connectivity index (χ0n) is 10.3. The molecule has 0 saturated heterocycles. The molecule has 1 N–H and O–H groups in total. The Balaban J connectivity index is 2.25. The number of benzene rings is 1. The molecule has 0 amide bonds. The molecule has 0 spiro atoms. The fourth-order valence-corrected chi connectivity index (χ4v) is 2.01. The van der Waals surface area contributed by atoms with Crippen LogP contribution in [0.5, 0.6) is 5.75 Å². The first-order valence-corrected chi connectivity index (χ1v) is 5.76. The summed E-state index contributed by atoms with van der Waals surface area (Å²) in [6, 6.07) is 9.54. The number of nitrogens with one attached hydrogen (secondary N) is 1. The Bertz CT molecular complexity index is 796. The number of rotatable bonds is 2. The highest BCUT2D eigenvalue weighted by atomic mass is 16.5. The topological polar surface area (TPSA) is 67.9 Å². The lowest BCUT2D eigenvalue weighted by Crippen LogP contribution is -2.11. The van der Waals surface area contributed by atoms with Gasteiger partial charge in [0.1, 0.15) is 5.69 Å². The third-order valence-electron chi connectivity index (χ3n) is 2.89. The summed E-state index contributed by atoms with van der Waals surface area (Å²) in [5.74, 6) is 0.214. The van der Waals surface area contributed by atoms with E-state index in [0.29, 0.717) is 5.69 Å². The van der Waals surface area contributed by atoms with Crippen LogP contribution in [0.15, 0.2) is 47.7 Å². The smallest absolute Gasteiger partial charge is 0.293 e. The molecule has 0 bridgehead atoms. The summed E-state index contributed by atoms with van der Waals surface area (Å²) >= 11 is 0. The molecule has 0 radical (unpaired) electrons. The molecule has 19 heavy (non-hydrogen) atoms. The first kappa shape index (κ1) is 11.4. The molecule has 0 saturated carbocycles. The van der Waals surface area contributed by atoms with Crippen molar-refractivity contribution in [2.24, 2.45) is 0 Å². The lowest BCUT2D eigenvalue weighted by Gasteiger charge is -2.06. The van der Waals surface area contributed by atoms with Gasteiger partial charge >= 0.3 is 0 Å². The van der Waals surface area contributed by atoms with Crippen LogP contribution < -0.4 is 10.3 Å². The van der Waals surface area contributed by atoms with Crippen LogP contribution in [0.3, 0.4) is 0 Å². The maximum Gasteiger partial charge on any atom is 0.293 e. The van der Waals surface area contributed by atoms with Crippen LogP contribution in [0.1, 0.15) is 0 Å². The quantitative estimate of drug-likeness (QED) is 0.758. The Morgan fingerprint density at radius 1 is 1.21 bits per heavy atom. The second-order valence-corrected chi connectivity index (χ2v) is 4.02. The van der Waals surface area contributed by atoms with E-state index >= 15 is 0 Å². The van der Waals surface area contributed by atoms with Crippen molar-refractivity contribution in [3.05, 3.63) is 53.2 Å². The van der Waals surface area contributed by atoms with Gasteiger partial charge in [-0.05, 0) is 18.2 Å². The lowest BCUT2D eigenvalue weighted by molar-refractivity contribution is 0.408. The third kappa shape index (κ3) is 1.95. The van der Waals surface area contributed by atoms with Crippen LogP contribution in [0, 0.1) is 0 Å². The SMILES string of the molecule is COc1c(-c2ccc3ncccc3c2)nc[nH]c1=O. The minimum Gasteiger partial charge on any atom is -0.490 e. The molecule has 5 nitrogen and oxygen atoms in total. The lowest BCUT2D eigenvalue weighted by atomic mass is 10.1. The number of aromatic amines is 1. The summed E-state index contributed by atoms with van der Waals surface area (Å²) in [6.07, 6.45) is 3.11. The third-order valence-corrected chi connectivity index (χ3v) is 2.89. The molecule has 2 heterocycles. The number of ether oxygens (including phenoxy) is 1. The number of hydrogen-bond donors (Lipinski definition) is 1. The van der Waals surface area contributed by atoms with Crippen LogP contribution in [0.25, 0.3) is 22.2 Å². The Labute approximate surface area is 108 Å². The Morgan fingerprint density at radius 2 is 2.11 bits per heavy atom. The van der Waals surface area contributed by atoms with Crippen molar-refractivity contribution in [3.63, 3.8) is 0 Å². The van der Waals surface area contributed by atoms with Crippen molar-refractivity contribution in [2.75, 3.05) is 7.11 Å². The minimum absolute atomic E-state index is 0.214. The summed E-state index contributed by atoms with van der Waals surface area (Å²) in [7, 11) is 1.46. The van der Waals surface area contributed by atoms with Gasteiger partial charge < -0.3 is 9.72 Å². The number of aromatic nitrogens is 3. The van der Waals surface area contributed by atoms with E-state index in [0.717, 1.165) is 16.5 Å². The van der Waals surface area contributed by atoms with Crippen LogP contribution in [-0.4, -0.2) is 22.1 Å². The monoisotopic (exact) mass is 253 g/mol. The van der Waals surface area contributed by atoms with Crippen LogP contribution in [0.4, 0.5) is 0 Å². The molecular formula is C14H11N3O2. The van der Waals surface area contributed by atoms with Crippen molar-refractivity contribution in [2.45, 2.75) is 0 Å². The van der Waals surface area contributed by atoms with Gasteiger partial charge in [-0.3, -0.25) is 9.78 Å². The molecule has 5 heteroatoms. The van der Waals surface area contributed by atoms with Crippen LogP contribution in [-0.2, 0) is 0 Å². The number of nitrogens with zero attached hydrogens (tertiary/aromatic N) is 2. The van der Waals surface area contributed by atoms with E-state index in [-0.39, 0.29) is 11.3 Å². The summed E-state index contributed by atoms with van der Waals surface area (Å²) in [5, 5.41) is 0.990. The normalized spacial score (nSPS) is 10.6. The maximum absolute atomic E-state index is 11.7. The Hall–Kier alpha value is -2.69. The van der Waals surface area contributed by atoms with Crippen LogP contribution in [0.2, 0.25) is 0 Å². The molecule has 0 atom stereocenters. The van der Waals surface area contributed by atoms with Crippen molar-refractivity contribution >= 4 is 10.9 Å². The molecule has 1 aromatic carbocycles. The molecule has 3 rings (SSSR count). The summed E-state index contributed by atoms with van der Waals surface area (Å²) in [5.41, 5.74) is 1.95. The molecule has 3 aromatic rings. The average molecular weight is 253 g/mol. The van der Waals surface area contributed by atoms with Gasteiger partial charge in [0.05, 0.1) is 19.0 Å². The van der Waals surface area contributed by atoms with Gasteiger partial charge in [-0.25, -0.2) is 4.98 Å². The van der Waals surface area contributed by atoms with Crippen molar-refractivity contribution < 1.29 is 4.74 Å². The molecule has 94 valence electrons. The van der Waals surface area contributed by atoms with Gasteiger partial charge in [0.2, 0.25) is 5.75 Å². The van der Waals surface area contributed by atoms with Gasteiger partial charge in [-0.2, -0.15) is 0 Å². The molecule has 0 aliphatic rings. The average Bonchev–Trinajstić information content (AvgIpc) is 2.46. The van der Waals surface area contributed by atoms with E-state index in [1.807, 2.05) is 30.3 Å². The maximum atomic E-state index is 11.7. The minimum atomic E-state index is -0.293. The predicted octanol–water partition coefficient (Wildman–Crippen LogP) is 1.99. The second kappa shape index (κ2) is 4.53. The van der Waals surface area contributed by atoms with E-state index in [4.69, 9.17) is 4.74 Å². The van der Waals surface area contributed by atoms with Gasteiger partial charge in [0.25, 0.3) is 5.56 Å². The summed E-state index contributed by atoms with van der Waals surface area (Å²) in [6.45, 7) is 0. The number of pyridine rings is 1. The van der Waals surface area contributed by atoms with E-state index in [9.17, 15) is 4.79 Å². The van der Waals surface area contributed by atoms with Crippen molar-refractivity contribution in [1.29, 1.82) is 0 Å². The number of hydrogen-bond acceptors (Lipinski definition) is 4. The van der Waals surface area contributed by atoms with E-state index in [2.05, 4.69) is 15.0 Å². The molecule has 0 fully saturated rings. The van der Waals surface area contributed by atoms with Crippen LogP contribution >= 0.6 is 0 Å². The summed E-state index contributed by atoms with van der Waals surface area (Å²) < 4.78 is 5.12. The van der Waals surface area contributed by atoms with E-state index in [1.54, 1.807) is 6.20 Å². The summed E-state index contributed by atoms with van der Waals surface area (Å²) in [4.78, 5) is 22.6. The number of methoxy groups -OCH3 is 1. The Kier molecular flexibility index (Phi) is 2.72. The van der Waals surface area contributed by atoms with E-state index < -0.39 is 0 Å². The Morgan fingerprint density at radius 3 is 2.95 bits per heavy atom. The first-order chi connectivity index (χ1) is 9.29. The molecular weight excluding hydrogens is 242 g/mol. The van der Waals surface area contributed by atoms with Gasteiger partial charge in [0, 0.05) is 17.1 Å². The fourth-order valence-electron chi connectivity index (χ4n) is 2.01. The zero-order valence-corrected chi connectivity index (χ0v) is 10.3. The fraction of sp³-hybridized carbons (Fsp3) is 0.0714. The van der Waals surface area contributed by atoms with E-state index in [1.165, 1.54) is 13.4 Å². The van der Waals surface area contributed by atoms with Gasteiger partial charge in [0.15, 0.2) is 0 Å². The standard InChI is InChI=1S/C14H11N3O2/c1-19-13-12(16-8-17-14(13)18)10-4-5-11-9(7-10)3-2-6-15-11/h2-8H,1H3,(H,16,17,18). The number of fused-ring (bicyclic) bond motifs is 1. The largest absolute Gasteiger partial charge is 0.490 e. The number of H-pyrrole nitrogens is 1. The highest BCUT2D eigenvalue weighted by Crippen LogP contribution is 2.26. The molecule has 0 aliphatic carbocycles. The molecule has 0 unspecified atom stereocenters. The van der Waals surface area contributed by atoms with Gasteiger partial charge in [-0.1, -0.05) is 12.1 Å².